The lowest BCUT2D eigenvalue weighted by molar-refractivity contribution is -0.145. The fourth-order valence-corrected chi connectivity index (χ4v) is 6.25. The third-order valence-corrected chi connectivity index (χ3v) is 8.16. The fraction of sp³-hybridized carbons (Fsp3) is 0.536. The molecule has 2 aromatic carbocycles. The summed E-state index contributed by atoms with van der Waals surface area (Å²) < 4.78 is 6.24. The van der Waals surface area contributed by atoms with E-state index in [1.807, 2.05) is 29.2 Å². The zero-order valence-electron chi connectivity index (χ0n) is 19.7. The van der Waals surface area contributed by atoms with E-state index in [4.69, 9.17) is 4.74 Å². The van der Waals surface area contributed by atoms with Gasteiger partial charge in [0.25, 0.3) is 5.91 Å². The van der Waals surface area contributed by atoms with Gasteiger partial charge in [-0.25, -0.2) is 0 Å². The highest BCUT2D eigenvalue weighted by molar-refractivity contribution is 6.00. The molecule has 2 heterocycles. The number of hydrogen-bond acceptors (Lipinski definition) is 4. The van der Waals surface area contributed by atoms with Crippen molar-refractivity contribution < 1.29 is 19.4 Å². The molecule has 2 aromatic rings. The van der Waals surface area contributed by atoms with E-state index >= 15 is 0 Å². The zero-order chi connectivity index (χ0) is 23.8. The minimum Gasteiger partial charge on any atom is -0.489 e. The standard InChI is InChI=1S/C28H32N2O4/c1-17-5-9-23(10-6-17)34-26-12-8-18-13-19(7-11-24(18)25(26)16-29)27(31)30-21-3-2-4-22(30)15-20(14-21)28(32)33/h7-8,11-13,17,20-23H,2-6,9-10,14-15H2,1H3,(H,32,33)/t17-,20?,21?,22?,23+. The van der Waals surface area contributed by atoms with Crippen LogP contribution >= 0.6 is 0 Å². The van der Waals surface area contributed by atoms with Crippen LogP contribution in [0.15, 0.2) is 30.3 Å². The third kappa shape index (κ3) is 4.24. The third-order valence-electron chi connectivity index (χ3n) is 8.16. The number of carboxylic acids is 1. The summed E-state index contributed by atoms with van der Waals surface area (Å²) in [4.78, 5) is 27.0. The number of benzene rings is 2. The summed E-state index contributed by atoms with van der Waals surface area (Å²) in [5.74, 6) is 0.214. The van der Waals surface area contributed by atoms with Crippen LogP contribution in [0, 0.1) is 23.2 Å². The number of fused-ring (bicyclic) bond motifs is 3. The highest BCUT2D eigenvalue weighted by Gasteiger charge is 2.43. The number of amides is 1. The van der Waals surface area contributed by atoms with Crippen molar-refractivity contribution >= 4 is 22.6 Å². The van der Waals surface area contributed by atoms with Crippen LogP contribution in [-0.2, 0) is 4.79 Å². The van der Waals surface area contributed by atoms with Crippen molar-refractivity contribution in [3.05, 3.63) is 41.5 Å². The summed E-state index contributed by atoms with van der Waals surface area (Å²) in [6.07, 6.45) is 8.30. The number of nitrogens with zero attached hydrogens (tertiary/aromatic N) is 2. The van der Waals surface area contributed by atoms with E-state index in [0.29, 0.717) is 29.7 Å². The summed E-state index contributed by atoms with van der Waals surface area (Å²) in [7, 11) is 0. The lowest BCUT2D eigenvalue weighted by Gasteiger charge is -2.48. The van der Waals surface area contributed by atoms with Crippen molar-refractivity contribution in [1.29, 1.82) is 5.26 Å². The molecule has 2 aliphatic heterocycles. The van der Waals surface area contributed by atoms with Gasteiger partial charge in [0.1, 0.15) is 17.4 Å². The monoisotopic (exact) mass is 460 g/mol. The van der Waals surface area contributed by atoms with Crippen molar-refractivity contribution in [3.63, 3.8) is 0 Å². The Morgan fingerprint density at radius 3 is 2.38 bits per heavy atom. The molecule has 5 rings (SSSR count). The van der Waals surface area contributed by atoms with Crippen LogP contribution in [-0.4, -0.2) is 40.1 Å². The molecule has 3 fully saturated rings. The molecule has 1 aliphatic carbocycles. The molecule has 2 atom stereocenters. The summed E-state index contributed by atoms with van der Waals surface area (Å²) in [6.45, 7) is 2.27. The Morgan fingerprint density at radius 2 is 1.74 bits per heavy atom. The van der Waals surface area contributed by atoms with E-state index in [9.17, 15) is 20.0 Å². The van der Waals surface area contributed by atoms with Crippen LogP contribution in [0.5, 0.6) is 5.75 Å². The molecule has 1 saturated carbocycles. The SMILES string of the molecule is C[C@H]1CC[C@@H](Oc2ccc3cc(C(=O)N4C5CCCC4CC(C(=O)O)C5)ccc3c2C#N)CC1. The van der Waals surface area contributed by atoms with E-state index in [2.05, 4.69) is 13.0 Å². The van der Waals surface area contributed by atoms with E-state index in [1.54, 1.807) is 6.07 Å². The molecule has 6 heteroatoms. The number of aliphatic carboxylic acids is 1. The van der Waals surface area contributed by atoms with Gasteiger partial charge in [-0.15, -0.1) is 0 Å². The summed E-state index contributed by atoms with van der Waals surface area (Å²) in [5, 5.41) is 21.0. The fourth-order valence-electron chi connectivity index (χ4n) is 6.25. The first-order valence-electron chi connectivity index (χ1n) is 12.6. The minimum absolute atomic E-state index is 0.0135. The van der Waals surface area contributed by atoms with Gasteiger partial charge in [-0.2, -0.15) is 5.26 Å². The number of piperidine rings is 2. The molecule has 3 aliphatic rings. The quantitative estimate of drug-likeness (QED) is 0.648. The van der Waals surface area contributed by atoms with Gasteiger partial charge in [-0.1, -0.05) is 19.1 Å². The molecule has 34 heavy (non-hydrogen) atoms. The van der Waals surface area contributed by atoms with Crippen LogP contribution in [0.2, 0.25) is 0 Å². The lowest BCUT2D eigenvalue weighted by Crippen LogP contribution is -2.55. The molecule has 6 nitrogen and oxygen atoms in total. The first kappa shape index (κ1) is 22.7. The molecule has 2 saturated heterocycles. The second-order valence-electron chi connectivity index (χ2n) is 10.4. The van der Waals surface area contributed by atoms with Crippen molar-refractivity contribution in [2.24, 2.45) is 11.8 Å². The maximum Gasteiger partial charge on any atom is 0.306 e. The minimum atomic E-state index is -0.750. The van der Waals surface area contributed by atoms with Crippen LogP contribution in [0.25, 0.3) is 10.8 Å². The zero-order valence-corrected chi connectivity index (χ0v) is 19.7. The Balaban J connectivity index is 1.39. The number of hydrogen-bond donors (Lipinski definition) is 1. The van der Waals surface area contributed by atoms with Crippen LogP contribution in [0.4, 0.5) is 0 Å². The molecular formula is C28H32N2O4. The average Bonchev–Trinajstić information content (AvgIpc) is 2.83. The van der Waals surface area contributed by atoms with Gasteiger partial charge in [0.15, 0.2) is 0 Å². The first-order chi connectivity index (χ1) is 16.4. The number of carbonyl (C=O) groups excluding carboxylic acids is 1. The second kappa shape index (κ2) is 9.29. The van der Waals surface area contributed by atoms with Crippen molar-refractivity contribution in [2.75, 3.05) is 0 Å². The van der Waals surface area contributed by atoms with E-state index < -0.39 is 5.97 Å². The Morgan fingerprint density at radius 1 is 1.03 bits per heavy atom. The molecule has 1 N–H and O–H groups in total. The summed E-state index contributed by atoms with van der Waals surface area (Å²) in [6, 6.07) is 11.6. The second-order valence-corrected chi connectivity index (χ2v) is 10.4. The van der Waals surface area contributed by atoms with Gasteiger partial charge in [0.05, 0.1) is 12.0 Å². The normalized spacial score (nSPS) is 28.8. The van der Waals surface area contributed by atoms with Crippen molar-refractivity contribution in [1.82, 2.24) is 4.90 Å². The summed E-state index contributed by atoms with van der Waals surface area (Å²) in [5.41, 5.74) is 1.12. The molecular weight excluding hydrogens is 428 g/mol. The van der Waals surface area contributed by atoms with E-state index in [1.165, 1.54) is 0 Å². The van der Waals surface area contributed by atoms with Crippen LogP contribution < -0.4 is 4.74 Å². The molecule has 178 valence electrons. The average molecular weight is 461 g/mol. The lowest BCUT2D eigenvalue weighted by atomic mass is 9.78. The van der Waals surface area contributed by atoms with Gasteiger partial charge < -0.3 is 14.7 Å². The van der Waals surface area contributed by atoms with Crippen LogP contribution in [0.1, 0.15) is 80.6 Å². The Kier molecular flexibility index (Phi) is 6.20. The smallest absolute Gasteiger partial charge is 0.306 e. The largest absolute Gasteiger partial charge is 0.489 e. The molecule has 1 amide bonds. The molecule has 2 bridgehead atoms. The predicted octanol–water partition coefficient (Wildman–Crippen LogP) is 5.53. The van der Waals surface area contributed by atoms with Crippen LogP contribution in [0.3, 0.4) is 0 Å². The van der Waals surface area contributed by atoms with Gasteiger partial charge >= 0.3 is 5.97 Å². The maximum absolute atomic E-state index is 13.5. The van der Waals surface area contributed by atoms with Gasteiger partial charge in [0.2, 0.25) is 0 Å². The van der Waals surface area contributed by atoms with Gasteiger partial charge in [0, 0.05) is 23.0 Å². The molecule has 2 unspecified atom stereocenters. The Bertz CT molecular complexity index is 1130. The number of rotatable bonds is 4. The Hall–Kier alpha value is -3.07. The van der Waals surface area contributed by atoms with Crippen molar-refractivity contribution in [2.45, 2.75) is 82.9 Å². The van der Waals surface area contributed by atoms with Gasteiger partial charge in [-0.3, -0.25) is 9.59 Å². The first-order valence-corrected chi connectivity index (χ1v) is 12.6. The number of ether oxygens (including phenoxy) is 1. The van der Waals surface area contributed by atoms with E-state index in [0.717, 1.165) is 61.6 Å². The number of carbonyl (C=O) groups is 2. The highest BCUT2D eigenvalue weighted by atomic mass is 16.5. The predicted molar refractivity (Wildman–Crippen MR) is 129 cm³/mol. The molecule has 0 radical (unpaired) electrons. The number of carboxylic acid groups (broad SMARTS) is 1. The van der Waals surface area contributed by atoms with E-state index in [-0.39, 0.29) is 30.0 Å². The Labute approximate surface area is 200 Å². The highest BCUT2D eigenvalue weighted by Crippen LogP contribution is 2.39. The van der Waals surface area contributed by atoms with Crippen molar-refractivity contribution in [3.8, 4) is 11.8 Å². The molecule has 0 aromatic heterocycles. The number of nitriles is 1. The maximum atomic E-state index is 13.5. The van der Waals surface area contributed by atoms with Gasteiger partial charge in [-0.05, 0) is 87.3 Å². The topological polar surface area (TPSA) is 90.6 Å². The summed E-state index contributed by atoms with van der Waals surface area (Å²) >= 11 is 0. The molecule has 0 spiro atoms.